The van der Waals surface area contributed by atoms with Crippen LogP contribution < -0.4 is 5.32 Å². The van der Waals surface area contributed by atoms with E-state index in [1.54, 1.807) is 0 Å². The Morgan fingerprint density at radius 2 is 1.77 bits per heavy atom. The van der Waals surface area contributed by atoms with Crippen LogP contribution in [0.1, 0.15) is 47.8 Å². The Kier molecular flexibility index (Phi) is 5.74. The summed E-state index contributed by atoms with van der Waals surface area (Å²) in [5.74, 6) is -1.38. The monoisotopic (exact) mass is 406 g/mol. The largest absolute Gasteiger partial charge is 0.449 e. The van der Waals surface area contributed by atoms with Crippen molar-refractivity contribution in [1.82, 2.24) is 4.98 Å². The highest BCUT2D eigenvalue weighted by Gasteiger charge is 2.26. The quantitative estimate of drug-likeness (QED) is 0.498. The highest BCUT2D eigenvalue weighted by atomic mass is 19.1. The highest BCUT2D eigenvalue weighted by molar-refractivity contribution is 6.06. The van der Waals surface area contributed by atoms with Crippen molar-refractivity contribution in [2.75, 3.05) is 5.32 Å². The first-order chi connectivity index (χ1) is 14.5. The minimum atomic E-state index is -1.00. The molecule has 0 radical (unpaired) electrons. The summed E-state index contributed by atoms with van der Waals surface area (Å²) in [5, 5.41) is 3.38. The summed E-state index contributed by atoms with van der Waals surface area (Å²) < 4.78 is 18.6. The fourth-order valence-corrected chi connectivity index (χ4v) is 3.83. The lowest BCUT2D eigenvalue weighted by atomic mass is 9.97. The van der Waals surface area contributed by atoms with Gasteiger partial charge in [0, 0.05) is 16.8 Å². The number of carbonyl (C=O) groups is 2. The Labute approximate surface area is 174 Å². The van der Waals surface area contributed by atoms with Crippen LogP contribution in [0.2, 0.25) is 0 Å². The molecule has 2 aromatic carbocycles. The molecule has 1 aliphatic rings. The van der Waals surface area contributed by atoms with Gasteiger partial charge in [0.25, 0.3) is 5.91 Å². The molecule has 3 aromatic rings. The van der Waals surface area contributed by atoms with E-state index in [1.807, 2.05) is 24.3 Å². The van der Waals surface area contributed by atoms with E-state index >= 15 is 0 Å². The molecule has 0 fully saturated rings. The molecule has 1 amide bonds. The van der Waals surface area contributed by atoms with E-state index in [1.165, 1.54) is 31.2 Å². The van der Waals surface area contributed by atoms with Gasteiger partial charge in [-0.15, -0.1) is 0 Å². The number of ether oxygens (including phenoxy) is 1. The number of esters is 1. The van der Waals surface area contributed by atoms with Crippen molar-refractivity contribution in [2.45, 2.75) is 45.1 Å². The summed E-state index contributed by atoms with van der Waals surface area (Å²) in [6.07, 6.45) is 3.74. The standard InChI is InChI=1S/C24H23FN2O3/c1-15(23(28)26-17-13-11-16(25)12-14-17)30-24(29)22-18-7-3-2-4-9-20(18)27-21-10-6-5-8-19(21)22/h5-6,8,10-15H,2-4,7,9H2,1H3,(H,26,28)/t15-/m1/s1. The summed E-state index contributed by atoms with van der Waals surface area (Å²) >= 11 is 0. The minimum absolute atomic E-state index is 0.391. The summed E-state index contributed by atoms with van der Waals surface area (Å²) in [6, 6.07) is 12.9. The number of benzene rings is 2. The average Bonchev–Trinajstić information content (AvgIpc) is 2.98. The predicted octanol–water partition coefficient (Wildman–Crippen LogP) is 4.83. The number of halogens is 1. The Hall–Kier alpha value is -3.28. The van der Waals surface area contributed by atoms with E-state index in [4.69, 9.17) is 9.72 Å². The number of aromatic nitrogens is 1. The lowest BCUT2D eigenvalue weighted by Crippen LogP contribution is -2.30. The Morgan fingerprint density at radius 1 is 1.03 bits per heavy atom. The zero-order chi connectivity index (χ0) is 21.1. The highest BCUT2D eigenvalue weighted by Crippen LogP contribution is 2.29. The van der Waals surface area contributed by atoms with Crippen LogP contribution in [0.5, 0.6) is 0 Å². The number of para-hydroxylation sites is 1. The third kappa shape index (κ3) is 4.17. The maximum absolute atomic E-state index is 13.2. The Morgan fingerprint density at radius 3 is 2.57 bits per heavy atom. The number of nitrogens with one attached hydrogen (secondary N) is 1. The number of hydrogen-bond donors (Lipinski definition) is 1. The zero-order valence-corrected chi connectivity index (χ0v) is 16.8. The summed E-state index contributed by atoms with van der Waals surface area (Å²) in [7, 11) is 0. The van der Waals surface area contributed by atoms with Crippen LogP contribution in [0.25, 0.3) is 10.9 Å². The first-order valence-electron chi connectivity index (χ1n) is 10.2. The van der Waals surface area contributed by atoms with E-state index in [0.29, 0.717) is 11.3 Å². The van der Waals surface area contributed by atoms with E-state index < -0.39 is 23.8 Å². The van der Waals surface area contributed by atoms with Gasteiger partial charge in [-0.05, 0) is 68.5 Å². The molecule has 5 nitrogen and oxygen atoms in total. The number of amides is 1. The van der Waals surface area contributed by atoms with Gasteiger partial charge in [-0.2, -0.15) is 0 Å². The van der Waals surface area contributed by atoms with Crippen LogP contribution in [0.4, 0.5) is 10.1 Å². The van der Waals surface area contributed by atoms with Crippen molar-refractivity contribution in [1.29, 1.82) is 0 Å². The molecular weight excluding hydrogens is 383 g/mol. The second-order valence-corrected chi connectivity index (χ2v) is 7.53. The number of hydrogen-bond acceptors (Lipinski definition) is 4. The Bertz CT molecular complexity index is 1100. The average molecular weight is 406 g/mol. The molecule has 1 N–H and O–H groups in total. The SMILES string of the molecule is C[C@@H](OC(=O)c1c2c(nc3ccccc13)CCCCC2)C(=O)Nc1ccc(F)cc1. The second-order valence-electron chi connectivity index (χ2n) is 7.53. The Balaban J connectivity index is 1.60. The number of rotatable bonds is 4. The summed E-state index contributed by atoms with van der Waals surface area (Å²) in [6.45, 7) is 1.53. The third-order valence-corrected chi connectivity index (χ3v) is 5.39. The van der Waals surface area contributed by atoms with Crippen molar-refractivity contribution in [3.63, 3.8) is 0 Å². The van der Waals surface area contributed by atoms with Crippen molar-refractivity contribution in [3.8, 4) is 0 Å². The van der Waals surface area contributed by atoms with Crippen LogP contribution >= 0.6 is 0 Å². The van der Waals surface area contributed by atoms with Gasteiger partial charge >= 0.3 is 5.97 Å². The van der Waals surface area contributed by atoms with Crippen LogP contribution in [0.15, 0.2) is 48.5 Å². The number of anilines is 1. The van der Waals surface area contributed by atoms with Crippen molar-refractivity contribution in [3.05, 3.63) is 71.2 Å². The zero-order valence-electron chi connectivity index (χ0n) is 16.8. The number of fused-ring (bicyclic) bond motifs is 2. The molecule has 1 aliphatic carbocycles. The summed E-state index contributed by atoms with van der Waals surface area (Å²) in [4.78, 5) is 30.4. The molecule has 154 valence electrons. The van der Waals surface area contributed by atoms with E-state index in [0.717, 1.165) is 54.3 Å². The molecule has 0 unspecified atom stereocenters. The fraction of sp³-hybridized carbons (Fsp3) is 0.292. The van der Waals surface area contributed by atoms with E-state index in [9.17, 15) is 14.0 Å². The molecule has 0 saturated carbocycles. The van der Waals surface area contributed by atoms with Gasteiger partial charge in [-0.3, -0.25) is 9.78 Å². The minimum Gasteiger partial charge on any atom is -0.449 e. The number of pyridine rings is 1. The predicted molar refractivity (Wildman–Crippen MR) is 113 cm³/mol. The maximum Gasteiger partial charge on any atom is 0.339 e. The van der Waals surface area contributed by atoms with Gasteiger partial charge in [-0.1, -0.05) is 24.6 Å². The second kappa shape index (κ2) is 8.61. The van der Waals surface area contributed by atoms with Crippen molar-refractivity contribution < 1.29 is 18.7 Å². The van der Waals surface area contributed by atoms with Gasteiger partial charge in [0.1, 0.15) is 5.82 Å². The van der Waals surface area contributed by atoms with Crippen LogP contribution in [-0.2, 0) is 22.4 Å². The van der Waals surface area contributed by atoms with Crippen LogP contribution in [0, 0.1) is 5.82 Å². The van der Waals surface area contributed by atoms with Crippen molar-refractivity contribution >= 4 is 28.5 Å². The van der Waals surface area contributed by atoms with E-state index in [-0.39, 0.29) is 0 Å². The molecule has 0 aliphatic heterocycles. The molecular formula is C24H23FN2O3. The fourth-order valence-electron chi connectivity index (χ4n) is 3.83. The van der Waals surface area contributed by atoms with Crippen molar-refractivity contribution in [2.24, 2.45) is 0 Å². The molecule has 6 heteroatoms. The first kappa shape index (κ1) is 20.0. The first-order valence-corrected chi connectivity index (χ1v) is 10.2. The lowest BCUT2D eigenvalue weighted by molar-refractivity contribution is -0.123. The van der Waals surface area contributed by atoms with Crippen LogP contribution in [0.3, 0.4) is 0 Å². The van der Waals surface area contributed by atoms with Gasteiger partial charge in [0.05, 0.1) is 11.1 Å². The molecule has 0 spiro atoms. The maximum atomic E-state index is 13.2. The molecule has 1 atom stereocenters. The number of nitrogens with zero attached hydrogens (tertiary/aromatic N) is 1. The molecule has 1 heterocycles. The number of carbonyl (C=O) groups excluding carboxylic acids is 2. The summed E-state index contributed by atoms with van der Waals surface area (Å²) in [5.41, 5.74) is 3.59. The van der Waals surface area contributed by atoms with Gasteiger partial charge < -0.3 is 10.1 Å². The van der Waals surface area contributed by atoms with Gasteiger partial charge in [0.2, 0.25) is 0 Å². The molecule has 1 aromatic heterocycles. The van der Waals surface area contributed by atoms with E-state index in [2.05, 4.69) is 5.32 Å². The normalized spacial score (nSPS) is 14.5. The molecule has 4 rings (SSSR count). The lowest BCUT2D eigenvalue weighted by Gasteiger charge is -2.18. The molecule has 30 heavy (non-hydrogen) atoms. The van der Waals surface area contributed by atoms with Crippen LogP contribution in [-0.4, -0.2) is 23.0 Å². The third-order valence-electron chi connectivity index (χ3n) is 5.39. The molecule has 0 saturated heterocycles. The molecule has 0 bridgehead atoms. The number of aryl methyl sites for hydroxylation is 1. The van der Waals surface area contributed by atoms with Gasteiger partial charge in [0.15, 0.2) is 6.10 Å². The smallest absolute Gasteiger partial charge is 0.339 e. The topological polar surface area (TPSA) is 68.3 Å². The van der Waals surface area contributed by atoms with Gasteiger partial charge in [-0.25, -0.2) is 9.18 Å².